The van der Waals surface area contributed by atoms with Gasteiger partial charge in [0.05, 0.1) is 59.5 Å². The van der Waals surface area contributed by atoms with Gasteiger partial charge >= 0.3 is 0 Å². The second-order valence-electron chi connectivity index (χ2n) is 24.6. The van der Waals surface area contributed by atoms with Crippen LogP contribution in [0.5, 0.6) is 0 Å². The molecule has 13 heteroatoms. The number of Topliss-reactive ketones (excluding diaryl/α,β-unsaturated/α-hetero) is 2. The van der Waals surface area contributed by atoms with Gasteiger partial charge in [-0.15, -0.1) is 0 Å². The lowest BCUT2D eigenvalue weighted by Crippen LogP contribution is -2.49. The zero-order chi connectivity index (χ0) is 55.2. The van der Waals surface area contributed by atoms with Crippen LogP contribution in [0.25, 0.3) is 0 Å². The summed E-state index contributed by atoms with van der Waals surface area (Å²) in [6, 6.07) is 3.94. The zero-order valence-electron chi connectivity index (χ0n) is 47.9. The fourth-order valence-electron chi connectivity index (χ4n) is 16.7. The van der Waals surface area contributed by atoms with Gasteiger partial charge in [0.1, 0.15) is 6.07 Å². The van der Waals surface area contributed by atoms with Crippen molar-refractivity contribution >= 4 is 22.4 Å². The first-order chi connectivity index (χ1) is 35.9. The van der Waals surface area contributed by atoms with E-state index in [9.17, 15) is 27.0 Å². The number of nitriles is 2. The SMILES string of the molecule is C=C(C)C#N.CC.CCC(C)CF.CCCC1CCC2C(CCC3(C)C(C(=O)Cn4cc(C#N)cn4)CCC23)C1CCC.CS(=O)c1cnn(CC(=O)C2CCC3C4CCC5CC(C(F)F)CCC5C4CCC23C)c1. The van der Waals surface area contributed by atoms with Gasteiger partial charge in [-0.3, -0.25) is 27.6 Å². The van der Waals surface area contributed by atoms with E-state index in [-0.39, 0.29) is 53.5 Å². The number of fused-ring (bicyclic) bond motifs is 8. The summed E-state index contributed by atoms with van der Waals surface area (Å²) in [6.45, 7) is 22.8. The molecule has 0 spiro atoms. The van der Waals surface area contributed by atoms with Gasteiger partial charge in [0.15, 0.2) is 11.6 Å². The molecule has 0 amide bonds. The van der Waals surface area contributed by atoms with Gasteiger partial charge in [0.2, 0.25) is 6.43 Å². The summed E-state index contributed by atoms with van der Waals surface area (Å²) in [4.78, 5) is 27.3. The van der Waals surface area contributed by atoms with Crippen LogP contribution in [0.2, 0.25) is 0 Å². The highest BCUT2D eigenvalue weighted by molar-refractivity contribution is 7.84. The third-order valence-corrected chi connectivity index (χ3v) is 21.3. The summed E-state index contributed by atoms with van der Waals surface area (Å²) in [5, 5.41) is 25.3. The first-order valence-corrected chi connectivity index (χ1v) is 31.2. The Morgan fingerprint density at radius 3 is 1.79 bits per heavy atom. The van der Waals surface area contributed by atoms with Crippen LogP contribution in [-0.4, -0.2) is 54.7 Å². The highest BCUT2D eigenvalue weighted by atomic mass is 32.2. The Balaban J connectivity index is 0.000000226. The largest absolute Gasteiger partial charge is 0.297 e. The molecule has 7 saturated carbocycles. The van der Waals surface area contributed by atoms with Gasteiger partial charge < -0.3 is 0 Å². The lowest BCUT2D eigenvalue weighted by Gasteiger charge is -2.56. The van der Waals surface area contributed by atoms with E-state index < -0.39 is 17.2 Å². The Hall–Kier alpha value is -3.58. The average Bonchev–Trinajstić information content (AvgIpc) is 4.23. The van der Waals surface area contributed by atoms with Gasteiger partial charge in [0.25, 0.3) is 0 Å². The second kappa shape index (κ2) is 28.9. The number of carbonyl (C=O) groups is 2. The van der Waals surface area contributed by atoms with Crippen molar-refractivity contribution in [1.29, 1.82) is 10.5 Å². The van der Waals surface area contributed by atoms with Crippen LogP contribution in [0.4, 0.5) is 13.2 Å². The molecule has 7 aliphatic rings. The van der Waals surface area contributed by atoms with Gasteiger partial charge in [0, 0.05) is 42.0 Å². The molecule has 7 aliphatic carbocycles. The van der Waals surface area contributed by atoms with E-state index in [0.29, 0.717) is 64.4 Å². The van der Waals surface area contributed by atoms with Crippen LogP contribution in [0, 0.1) is 116 Å². The first-order valence-electron chi connectivity index (χ1n) is 29.6. The van der Waals surface area contributed by atoms with Crippen molar-refractivity contribution in [3.8, 4) is 12.1 Å². The Labute approximate surface area is 453 Å². The number of halogens is 3. The minimum Gasteiger partial charge on any atom is -0.297 e. The standard InChI is InChI=1S/C26H39N3O.C25H36F2N2O2S.C5H11F.C4H5N.C2H6/c1-4-6-19-8-9-22-21(20(19)7-5-2)12-13-26(3)23(22)10-11-24(26)25(30)17-29-16-18(14-27)15-28-29;1-25-10-9-19-18-5-4-16(24(26)27)11-15(18)3-6-20(19)21(25)7-8-22(25)23(30)14-29-13-17(12-28-29)32(2)31;1-3-5(2)4-6;1-4(2)3-5;1-2/h15-16,19-24H,4-13,17H2,1-3H3;12-13,15-16,18-22,24H,3-11,14H2,1-2H3;5H,3-4H2,1-2H3;1H2,2H3;1-2H3. The molecule has 9 nitrogen and oxygen atoms in total. The molecular formula is C62H97F3N6O3S. The summed E-state index contributed by atoms with van der Waals surface area (Å²) in [5.41, 5.74) is 1.31. The number of hydrogen-bond acceptors (Lipinski definition) is 7. The summed E-state index contributed by atoms with van der Waals surface area (Å²) in [5.74, 6) is 8.05. The molecule has 0 bridgehead atoms. The van der Waals surface area contributed by atoms with Gasteiger partial charge in [-0.25, -0.2) is 8.78 Å². The summed E-state index contributed by atoms with van der Waals surface area (Å²) in [6.07, 6.45) is 29.0. The van der Waals surface area contributed by atoms with E-state index in [0.717, 1.165) is 93.8 Å². The highest BCUT2D eigenvalue weighted by Gasteiger charge is 2.60. The smallest absolute Gasteiger partial charge is 0.241 e. The van der Waals surface area contributed by atoms with Crippen LogP contribution >= 0.6 is 0 Å². The maximum Gasteiger partial charge on any atom is 0.241 e. The zero-order valence-corrected chi connectivity index (χ0v) is 48.7. The lowest BCUT2D eigenvalue weighted by molar-refractivity contribution is -0.132. The van der Waals surface area contributed by atoms with Crippen molar-refractivity contribution in [2.45, 2.75) is 215 Å². The molecule has 7 fully saturated rings. The summed E-state index contributed by atoms with van der Waals surface area (Å²) < 4.78 is 53.0. The second-order valence-corrected chi connectivity index (χ2v) is 25.9. The quantitative estimate of drug-likeness (QED) is 0.172. The number of rotatable bonds is 14. The lowest BCUT2D eigenvalue weighted by atomic mass is 9.49. The molecular weight excluding hydrogens is 966 g/mol. The van der Waals surface area contributed by atoms with Crippen LogP contribution in [0.1, 0.15) is 196 Å². The maximum absolute atomic E-state index is 13.3. The van der Waals surface area contributed by atoms with Gasteiger partial charge in [-0.1, -0.05) is 94.1 Å². The summed E-state index contributed by atoms with van der Waals surface area (Å²) in [7, 11) is -1.09. The molecule has 9 rings (SSSR count). The monoisotopic (exact) mass is 1060 g/mol. The third kappa shape index (κ3) is 14.8. The van der Waals surface area contributed by atoms with Crippen molar-refractivity contribution < 1.29 is 27.0 Å². The molecule has 75 heavy (non-hydrogen) atoms. The number of alkyl halides is 3. The molecule has 0 aromatic carbocycles. The van der Waals surface area contributed by atoms with E-state index >= 15 is 0 Å². The Kier molecular flexibility index (Phi) is 24.0. The Morgan fingerprint density at radius 1 is 0.773 bits per heavy atom. The van der Waals surface area contributed by atoms with Crippen molar-refractivity contribution in [3.05, 3.63) is 42.5 Å². The number of carbonyl (C=O) groups excluding carboxylic acids is 2. The normalized spacial score (nSPS) is 34.8. The molecule has 0 saturated heterocycles. The van der Waals surface area contributed by atoms with E-state index in [1.54, 1.807) is 47.3 Å². The van der Waals surface area contributed by atoms with Crippen molar-refractivity contribution in [2.24, 2.45) is 93.7 Å². The fourth-order valence-corrected chi connectivity index (χ4v) is 17.1. The molecule has 2 aromatic heterocycles. The molecule has 2 aromatic rings. The van der Waals surface area contributed by atoms with E-state index in [4.69, 9.17) is 10.5 Å². The summed E-state index contributed by atoms with van der Waals surface area (Å²) >= 11 is 0. The van der Waals surface area contributed by atoms with Crippen molar-refractivity contribution in [3.63, 3.8) is 0 Å². The first kappa shape index (κ1) is 62.3. The number of allylic oxidation sites excluding steroid dienone is 1. The van der Waals surface area contributed by atoms with Crippen LogP contribution in [-0.2, 0) is 33.5 Å². The predicted molar refractivity (Wildman–Crippen MR) is 295 cm³/mol. The molecule has 0 aliphatic heterocycles. The van der Waals surface area contributed by atoms with Crippen molar-refractivity contribution in [2.75, 3.05) is 12.9 Å². The van der Waals surface area contributed by atoms with Crippen LogP contribution in [0.3, 0.4) is 0 Å². The minimum atomic E-state index is -2.16. The predicted octanol–water partition coefficient (Wildman–Crippen LogP) is 15.5. The Morgan fingerprint density at radius 2 is 1.31 bits per heavy atom. The minimum absolute atomic E-state index is 0.0504. The number of hydrogen-bond donors (Lipinski definition) is 0. The van der Waals surface area contributed by atoms with Crippen molar-refractivity contribution in [1.82, 2.24) is 19.6 Å². The molecule has 17 unspecified atom stereocenters. The Bertz CT molecular complexity index is 2250. The number of ketones is 2. The van der Waals surface area contributed by atoms with E-state index in [2.05, 4.69) is 50.5 Å². The van der Waals surface area contributed by atoms with Crippen LogP contribution in [0.15, 0.2) is 41.8 Å². The average molecular weight is 1060 g/mol. The number of nitrogens with zero attached hydrogens (tertiary/aromatic N) is 6. The highest BCUT2D eigenvalue weighted by Crippen LogP contribution is 2.66. The van der Waals surface area contributed by atoms with Gasteiger partial charge in [-0.2, -0.15) is 20.7 Å². The fraction of sp³-hybridized carbons (Fsp3) is 0.806. The number of aromatic nitrogens is 4. The van der Waals surface area contributed by atoms with E-state index in [1.807, 2.05) is 33.8 Å². The van der Waals surface area contributed by atoms with E-state index in [1.165, 1.54) is 57.8 Å². The maximum atomic E-state index is 13.3. The topological polar surface area (TPSA) is 134 Å². The molecule has 0 radical (unpaired) electrons. The van der Waals surface area contributed by atoms with Gasteiger partial charge in [-0.05, 0) is 179 Å². The molecule has 420 valence electrons. The third-order valence-electron chi connectivity index (χ3n) is 20.4. The molecule has 0 N–H and O–H groups in total. The van der Waals surface area contributed by atoms with Crippen LogP contribution < -0.4 is 0 Å². The molecule has 2 heterocycles. The molecule has 17 atom stereocenters.